The van der Waals surface area contributed by atoms with E-state index in [0.717, 1.165) is 33.0 Å². The number of benzene rings is 1. The summed E-state index contributed by atoms with van der Waals surface area (Å²) >= 11 is 3.53. The second-order valence-corrected chi connectivity index (χ2v) is 6.01. The maximum atomic E-state index is 4.74. The van der Waals surface area contributed by atoms with E-state index in [0.29, 0.717) is 0 Å². The first kappa shape index (κ1) is 14.0. The van der Waals surface area contributed by atoms with Crippen molar-refractivity contribution in [3.05, 3.63) is 77.5 Å². The van der Waals surface area contributed by atoms with E-state index in [1.165, 1.54) is 0 Å². The van der Waals surface area contributed by atoms with Crippen LogP contribution >= 0.6 is 15.9 Å². The first-order valence-electron chi connectivity index (χ1n) is 7.22. The fourth-order valence-electron chi connectivity index (χ4n) is 2.48. The summed E-state index contributed by atoms with van der Waals surface area (Å²) in [6.45, 7) is 0. The third-order valence-corrected chi connectivity index (χ3v) is 4.00. The fourth-order valence-corrected chi connectivity index (χ4v) is 2.81. The number of imidazole rings is 1. The van der Waals surface area contributed by atoms with Gasteiger partial charge in [0, 0.05) is 22.6 Å². The summed E-state index contributed by atoms with van der Waals surface area (Å²) in [7, 11) is 0. The summed E-state index contributed by atoms with van der Waals surface area (Å²) in [5, 5.41) is 3.46. The van der Waals surface area contributed by atoms with Gasteiger partial charge in [-0.05, 0) is 52.3 Å². The minimum atomic E-state index is 0.826. The van der Waals surface area contributed by atoms with Crippen LogP contribution < -0.4 is 5.32 Å². The van der Waals surface area contributed by atoms with Crippen LogP contribution in [-0.4, -0.2) is 14.4 Å². The maximum Gasteiger partial charge on any atom is 0.144 e. The van der Waals surface area contributed by atoms with Crippen molar-refractivity contribution in [2.45, 2.75) is 0 Å². The molecular formula is C18H13BrN4. The topological polar surface area (TPSA) is 42.2 Å². The number of fused-ring (bicyclic) bond motifs is 1. The Balaban J connectivity index is 1.93. The van der Waals surface area contributed by atoms with Gasteiger partial charge in [-0.2, -0.15) is 0 Å². The molecule has 4 aromatic rings. The standard InChI is InChI=1S/C18H13BrN4/c19-13-9-10-16-22-17(15-8-4-5-11-20-15)18(23(16)12-13)21-14-6-2-1-3-7-14/h1-12,21H. The third-order valence-electron chi connectivity index (χ3n) is 3.53. The van der Waals surface area contributed by atoms with Gasteiger partial charge in [0.1, 0.15) is 17.2 Å². The largest absolute Gasteiger partial charge is 0.339 e. The van der Waals surface area contributed by atoms with Gasteiger partial charge in [0.2, 0.25) is 0 Å². The molecule has 5 heteroatoms. The number of rotatable bonds is 3. The van der Waals surface area contributed by atoms with Crippen molar-refractivity contribution in [1.82, 2.24) is 14.4 Å². The zero-order chi connectivity index (χ0) is 15.6. The van der Waals surface area contributed by atoms with Gasteiger partial charge in [0.15, 0.2) is 0 Å². The summed E-state index contributed by atoms with van der Waals surface area (Å²) < 4.78 is 3.02. The molecule has 0 aliphatic heterocycles. The lowest BCUT2D eigenvalue weighted by molar-refractivity contribution is 1.17. The van der Waals surface area contributed by atoms with Gasteiger partial charge < -0.3 is 5.32 Å². The molecule has 3 aromatic heterocycles. The molecule has 23 heavy (non-hydrogen) atoms. The van der Waals surface area contributed by atoms with E-state index in [1.807, 2.05) is 71.3 Å². The highest BCUT2D eigenvalue weighted by Crippen LogP contribution is 2.30. The molecule has 0 radical (unpaired) electrons. The quantitative estimate of drug-likeness (QED) is 0.561. The molecule has 0 saturated carbocycles. The van der Waals surface area contributed by atoms with E-state index in [9.17, 15) is 0 Å². The number of anilines is 2. The Kier molecular flexibility index (Phi) is 3.55. The molecule has 0 aliphatic rings. The lowest BCUT2D eigenvalue weighted by Crippen LogP contribution is -1.97. The number of hydrogen-bond donors (Lipinski definition) is 1. The van der Waals surface area contributed by atoms with E-state index in [-0.39, 0.29) is 0 Å². The Labute approximate surface area is 142 Å². The maximum absolute atomic E-state index is 4.74. The molecule has 4 nitrogen and oxygen atoms in total. The number of para-hydroxylation sites is 1. The average molecular weight is 365 g/mol. The van der Waals surface area contributed by atoms with E-state index in [4.69, 9.17) is 4.98 Å². The van der Waals surface area contributed by atoms with Crippen molar-refractivity contribution in [3.63, 3.8) is 0 Å². The summed E-state index contributed by atoms with van der Waals surface area (Å²) in [5.74, 6) is 0.895. The van der Waals surface area contributed by atoms with Crippen molar-refractivity contribution in [2.75, 3.05) is 5.32 Å². The summed E-state index contributed by atoms with van der Waals surface area (Å²) in [6.07, 6.45) is 3.78. The Morgan fingerprint density at radius 1 is 0.913 bits per heavy atom. The van der Waals surface area contributed by atoms with Gasteiger partial charge in [-0.1, -0.05) is 24.3 Å². The molecule has 0 atom stereocenters. The predicted molar refractivity (Wildman–Crippen MR) is 95.8 cm³/mol. The Morgan fingerprint density at radius 3 is 2.52 bits per heavy atom. The van der Waals surface area contributed by atoms with Crippen LogP contribution in [0.2, 0.25) is 0 Å². The molecule has 0 saturated heterocycles. The first-order valence-corrected chi connectivity index (χ1v) is 8.02. The van der Waals surface area contributed by atoms with Crippen molar-refractivity contribution >= 4 is 33.1 Å². The summed E-state index contributed by atoms with van der Waals surface area (Å²) in [5.41, 5.74) is 3.54. The van der Waals surface area contributed by atoms with E-state index < -0.39 is 0 Å². The highest BCUT2D eigenvalue weighted by Gasteiger charge is 2.15. The molecule has 1 N–H and O–H groups in total. The van der Waals surface area contributed by atoms with Crippen LogP contribution in [0, 0.1) is 0 Å². The van der Waals surface area contributed by atoms with Gasteiger partial charge >= 0.3 is 0 Å². The lowest BCUT2D eigenvalue weighted by Gasteiger charge is -2.08. The third kappa shape index (κ3) is 2.71. The van der Waals surface area contributed by atoms with E-state index in [2.05, 4.69) is 26.2 Å². The highest BCUT2D eigenvalue weighted by molar-refractivity contribution is 9.10. The Morgan fingerprint density at radius 2 is 1.74 bits per heavy atom. The monoisotopic (exact) mass is 364 g/mol. The highest BCUT2D eigenvalue weighted by atomic mass is 79.9. The molecule has 0 aliphatic carbocycles. The van der Waals surface area contributed by atoms with Crippen LogP contribution in [0.15, 0.2) is 77.5 Å². The van der Waals surface area contributed by atoms with Gasteiger partial charge in [0.05, 0.1) is 5.69 Å². The molecule has 0 bridgehead atoms. The molecule has 3 heterocycles. The van der Waals surface area contributed by atoms with Crippen molar-refractivity contribution in [1.29, 1.82) is 0 Å². The fraction of sp³-hybridized carbons (Fsp3) is 0. The minimum absolute atomic E-state index is 0.826. The van der Waals surface area contributed by atoms with Crippen LogP contribution in [0.4, 0.5) is 11.5 Å². The molecule has 112 valence electrons. The number of pyridine rings is 2. The lowest BCUT2D eigenvalue weighted by atomic mass is 10.2. The second kappa shape index (κ2) is 5.85. The molecule has 0 amide bonds. The number of aromatic nitrogens is 3. The Hall–Kier alpha value is -2.66. The van der Waals surface area contributed by atoms with Gasteiger partial charge in [-0.3, -0.25) is 9.38 Å². The van der Waals surface area contributed by atoms with E-state index in [1.54, 1.807) is 6.20 Å². The van der Waals surface area contributed by atoms with E-state index >= 15 is 0 Å². The van der Waals surface area contributed by atoms with Gasteiger partial charge in [-0.25, -0.2) is 4.98 Å². The van der Waals surface area contributed by atoms with Crippen LogP contribution in [0.1, 0.15) is 0 Å². The Bertz CT molecular complexity index is 949. The van der Waals surface area contributed by atoms with Crippen LogP contribution in [-0.2, 0) is 0 Å². The molecular weight excluding hydrogens is 352 g/mol. The molecule has 0 unspecified atom stereocenters. The van der Waals surface area contributed by atoms with Crippen molar-refractivity contribution < 1.29 is 0 Å². The number of nitrogens with one attached hydrogen (secondary N) is 1. The number of hydrogen-bond acceptors (Lipinski definition) is 3. The predicted octanol–water partition coefficient (Wildman–Crippen LogP) is 4.90. The molecule has 0 fully saturated rings. The smallest absolute Gasteiger partial charge is 0.144 e. The molecule has 4 rings (SSSR count). The van der Waals surface area contributed by atoms with Crippen LogP contribution in [0.5, 0.6) is 0 Å². The zero-order valence-corrected chi connectivity index (χ0v) is 13.7. The van der Waals surface area contributed by atoms with Gasteiger partial charge in [-0.15, -0.1) is 0 Å². The molecule has 1 aromatic carbocycles. The minimum Gasteiger partial charge on any atom is -0.339 e. The normalized spacial score (nSPS) is 10.8. The first-order chi connectivity index (χ1) is 11.3. The average Bonchev–Trinajstić information content (AvgIpc) is 2.95. The van der Waals surface area contributed by atoms with Crippen molar-refractivity contribution in [3.8, 4) is 11.4 Å². The number of halogens is 1. The summed E-state index contributed by atoms with van der Waals surface area (Å²) in [4.78, 5) is 9.18. The van der Waals surface area contributed by atoms with Crippen molar-refractivity contribution in [2.24, 2.45) is 0 Å². The number of nitrogens with zero attached hydrogens (tertiary/aromatic N) is 3. The zero-order valence-electron chi connectivity index (χ0n) is 12.1. The second-order valence-electron chi connectivity index (χ2n) is 5.09. The van der Waals surface area contributed by atoms with Crippen LogP contribution in [0.3, 0.4) is 0 Å². The summed E-state index contributed by atoms with van der Waals surface area (Å²) in [6, 6.07) is 19.9. The van der Waals surface area contributed by atoms with Gasteiger partial charge in [0.25, 0.3) is 0 Å². The molecule has 0 spiro atoms. The van der Waals surface area contributed by atoms with Crippen LogP contribution in [0.25, 0.3) is 17.0 Å². The SMILES string of the molecule is Brc1ccc2nc(-c3ccccn3)c(Nc3ccccc3)n2c1.